The standard InChI is InChI=1S/C75H46/c1-9-29-61-53(19-1)54-20-2-10-30-62(54)73(61,49-43-39-47(40-44-49)51-27-17-37-69-71(51)59-25-7-15-35-67(59)74(69)63-31-11-3-21-55(63)56-22-4-12-32-64(56)74)50-45-41-48(42-46-50)52-28-18-38-70-72(52)60-26-8-16-36-68(60)75(70)65-33-13-5-23-57(65)58-24-6-14-34-66(58)75/h1-46H. The lowest BCUT2D eigenvalue weighted by Crippen LogP contribution is -2.28. The predicted molar refractivity (Wildman–Crippen MR) is 307 cm³/mol. The minimum atomic E-state index is -0.552. The van der Waals surface area contributed by atoms with Gasteiger partial charge in [0.15, 0.2) is 0 Å². The van der Waals surface area contributed by atoms with Gasteiger partial charge < -0.3 is 0 Å². The molecule has 5 aliphatic rings. The Bertz CT molecular complexity index is 4030. The van der Waals surface area contributed by atoms with Crippen molar-refractivity contribution in [2.45, 2.75) is 16.2 Å². The van der Waals surface area contributed by atoms with Crippen LogP contribution in [0.5, 0.6) is 0 Å². The minimum absolute atomic E-state index is 0.388. The maximum absolute atomic E-state index is 2.43. The first-order valence-electron chi connectivity index (χ1n) is 26.5. The fourth-order valence-electron chi connectivity index (χ4n) is 15.6. The van der Waals surface area contributed by atoms with Crippen LogP contribution < -0.4 is 0 Å². The Balaban J connectivity index is 0.834. The summed E-state index contributed by atoms with van der Waals surface area (Å²) in [6, 6.07) is 106. The van der Waals surface area contributed by atoms with Gasteiger partial charge in [0.25, 0.3) is 0 Å². The summed E-state index contributed by atoms with van der Waals surface area (Å²) in [6.45, 7) is 0. The van der Waals surface area contributed by atoms with Gasteiger partial charge in [-0.15, -0.1) is 0 Å². The maximum atomic E-state index is 2.43. The van der Waals surface area contributed by atoms with E-state index in [1.807, 2.05) is 0 Å². The van der Waals surface area contributed by atoms with Crippen molar-refractivity contribution in [2.75, 3.05) is 0 Å². The van der Waals surface area contributed by atoms with Gasteiger partial charge in [0, 0.05) is 0 Å². The van der Waals surface area contributed by atoms with E-state index in [1.54, 1.807) is 0 Å². The van der Waals surface area contributed by atoms with Crippen LogP contribution in [-0.2, 0) is 16.2 Å². The van der Waals surface area contributed by atoms with Gasteiger partial charge in [-0.2, -0.15) is 0 Å². The summed E-state index contributed by atoms with van der Waals surface area (Å²) in [5.41, 5.74) is 32.9. The van der Waals surface area contributed by atoms with E-state index < -0.39 is 5.41 Å². The molecule has 0 radical (unpaired) electrons. The van der Waals surface area contributed by atoms with Gasteiger partial charge in [-0.05, 0) is 145 Å². The summed E-state index contributed by atoms with van der Waals surface area (Å²) in [4.78, 5) is 0. The molecule has 0 N–H and O–H groups in total. The SMILES string of the molecule is c1ccc2c(c1)-c1ccccc1C2(c1ccc(-c2cccc3c2-c2ccccc2C32c3ccccc3-c3ccccc32)cc1)c1ccc(-c2cccc3c2-c2ccccc2C32c3ccccc3-c3ccccc32)cc1. The smallest absolute Gasteiger partial charge is 0.0619 e. The molecular formula is C75H46. The van der Waals surface area contributed by atoms with E-state index in [9.17, 15) is 0 Å². The molecule has 75 heavy (non-hydrogen) atoms. The molecule has 0 fully saturated rings. The number of benzene rings is 12. The highest BCUT2D eigenvalue weighted by molar-refractivity contribution is 6.02. The molecule has 346 valence electrons. The lowest BCUT2D eigenvalue weighted by Gasteiger charge is -2.34. The summed E-state index contributed by atoms with van der Waals surface area (Å²) < 4.78 is 0. The molecule has 0 aliphatic heterocycles. The molecule has 12 aromatic carbocycles. The van der Waals surface area contributed by atoms with Crippen LogP contribution in [0.3, 0.4) is 0 Å². The van der Waals surface area contributed by atoms with Crippen LogP contribution >= 0.6 is 0 Å². The summed E-state index contributed by atoms with van der Waals surface area (Å²) in [5.74, 6) is 0. The third kappa shape index (κ3) is 4.94. The molecule has 0 atom stereocenters. The van der Waals surface area contributed by atoms with Crippen molar-refractivity contribution in [1.29, 1.82) is 0 Å². The average Bonchev–Trinajstić information content (AvgIpc) is 4.41. The largest absolute Gasteiger partial charge is 0.0725 e. The van der Waals surface area contributed by atoms with E-state index in [4.69, 9.17) is 0 Å². The van der Waals surface area contributed by atoms with E-state index in [1.165, 1.54) is 145 Å². The van der Waals surface area contributed by atoms with Crippen molar-refractivity contribution in [3.8, 4) is 77.9 Å². The van der Waals surface area contributed by atoms with Gasteiger partial charge in [-0.3, -0.25) is 0 Å². The van der Waals surface area contributed by atoms with E-state index in [-0.39, 0.29) is 10.8 Å². The normalized spacial score (nSPS) is 15.0. The zero-order valence-electron chi connectivity index (χ0n) is 41.1. The van der Waals surface area contributed by atoms with Gasteiger partial charge in [0.05, 0.1) is 16.2 Å². The summed E-state index contributed by atoms with van der Waals surface area (Å²) in [7, 11) is 0. The van der Waals surface area contributed by atoms with Crippen LogP contribution in [0, 0.1) is 0 Å². The molecule has 17 rings (SSSR count). The quantitative estimate of drug-likeness (QED) is 0.165. The van der Waals surface area contributed by atoms with Crippen molar-refractivity contribution in [1.82, 2.24) is 0 Å². The second-order valence-electron chi connectivity index (χ2n) is 21.2. The summed E-state index contributed by atoms with van der Waals surface area (Å²) in [5, 5.41) is 0. The number of hydrogen-bond donors (Lipinski definition) is 0. The molecule has 0 saturated heterocycles. The topological polar surface area (TPSA) is 0 Å². The second kappa shape index (κ2) is 14.9. The number of hydrogen-bond acceptors (Lipinski definition) is 0. The van der Waals surface area contributed by atoms with Crippen LogP contribution in [0.25, 0.3) is 77.9 Å². The zero-order chi connectivity index (χ0) is 49.0. The van der Waals surface area contributed by atoms with Crippen molar-refractivity contribution >= 4 is 0 Å². The van der Waals surface area contributed by atoms with Gasteiger partial charge in [0.2, 0.25) is 0 Å². The van der Waals surface area contributed by atoms with Crippen molar-refractivity contribution in [3.05, 3.63) is 346 Å². The molecule has 2 spiro atoms. The summed E-state index contributed by atoms with van der Waals surface area (Å²) >= 11 is 0. The molecule has 0 heteroatoms. The van der Waals surface area contributed by atoms with Crippen molar-refractivity contribution < 1.29 is 0 Å². The Morgan fingerprint density at radius 1 is 0.147 bits per heavy atom. The van der Waals surface area contributed by atoms with Crippen LogP contribution in [0.4, 0.5) is 0 Å². The highest BCUT2D eigenvalue weighted by atomic mass is 14.5. The third-order valence-corrected chi connectivity index (χ3v) is 18.3. The van der Waals surface area contributed by atoms with E-state index >= 15 is 0 Å². The van der Waals surface area contributed by atoms with Crippen molar-refractivity contribution in [2.24, 2.45) is 0 Å². The van der Waals surface area contributed by atoms with Crippen LogP contribution in [-0.4, -0.2) is 0 Å². The third-order valence-electron chi connectivity index (χ3n) is 18.3. The number of fused-ring (bicyclic) bond motifs is 23. The van der Waals surface area contributed by atoms with Crippen molar-refractivity contribution in [3.63, 3.8) is 0 Å². The predicted octanol–water partition coefficient (Wildman–Crippen LogP) is 18.1. The second-order valence-corrected chi connectivity index (χ2v) is 21.2. The van der Waals surface area contributed by atoms with Gasteiger partial charge in [0.1, 0.15) is 0 Å². The van der Waals surface area contributed by atoms with E-state index in [0.717, 1.165) is 0 Å². The number of rotatable bonds is 4. The van der Waals surface area contributed by atoms with E-state index in [2.05, 4.69) is 279 Å². The Labute approximate surface area is 437 Å². The van der Waals surface area contributed by atoms with Crippen LogP contribution in [0.15, 0.2) is 279 Å². The molecule has 0 amide bonds. The molecule has 0 aromatic heterocycles. The Kier molecular flexibility index (Phi) is 8.16. The monoisotopic (exact) mass is 946 g/mol. The Morgan fingerprint density at radius 3 is 0.653 bits per heavy atom. The highest BCUT2D eigenvalue weighted by Crippen LogP contribution is 2.66. The molecule has 0 bridgehead atoms. The fourth-order valence-corrected chi connectivity index (χ4v) is 15.6. The molecule has 5 aliphatic carbocycles. The minimum Gasteiger partial charge on any atom is -0.0619 e. The fraction of sp³-hybridized carbons (Fsp3) is 0.0400. The van der Waals surface area contributed by atoms with Gasteiger partial charge in [-0.1, -0.05) is 279 Å². The molecule has 12 aromatic rings. The lowest BCUT2D eigenvalue weighted by molar-refractivity contribution is 0.769. The molecule has 0 nitrogen and oxygen atoms in total. The van der Waals surface area contributed by atoms with Crippen LogP contribution in [0.2, 0.25) is 0 Å². The van der Waals surface area contributed by atoms with E-state index in [0.29, 0.717) is 0 Å². The Morgan fingerprint density at radius 2 is 0.360 bits per heavy atom. The first kappa shape index (κ1) is 41.1. The van der Waals surface area contributed by atoms with Gasteiger partial charge >= 0.3 is 0 Å². The average molecular weight is 947 g/mol. The molecule has 0 saturated carbocycles. The highest BCUT2D eigenvalue weighted by Gasteiger charge is 2.54. The zero-order valence-corrected chi connectivity index (χ0v) is 41.1. The Hall–Kier alpha value is -9.36. The first-order chi connectivity index (χ1) is 37.2. The maximum Gasteiger partial charge on any atom is 0.0725 e. The molecule has 0 heterocycles. The molecule has 0 unspecified atom stereocenters. The summed E-state index contributed by atoms with van der Waals surface area (Å²) in [6.07, 6.45) is 0. The van der Waals surface area contributed by atoms with Gasteiger partial charge in [-0.25, -0.2) is 0 Å². The van der Waals surface area contributed by atoms with Crippen LogP contribution in [0.1, 0.15) is 66.8 Å². The lowest BCUT2D eigenvalue weighted by atomic mass is 9.67. The molecular weight excluding hydrogens is 901 g/mol. The first-order valence-corrected chi connectivity index (χ1v) is 26.5.